The van der Waals surface area contributed by atoms with Crippen LogP contribution < -0.4 is 14.3 Å². The van der Waals surface area contributed by atoms with Gasteiger partial charge in [0, 0.05) is 0 Å². The van der Waals surface area contributed by atoms with E-state index in [-0.39, 0.29) is 16.1 Å². The molecule has 1 aromatic heterocycles. The topological polar surface area (TPSA) is 138 Å². The number of benzene rings is 2. The minimum absolute atomic E-state index is 0.145. The number of rotatable bonds is 8. The van der Waals surface area contributed by atoms with Gasteiger partial charge in [0.15, 0.2) is 8.27 Å². The molecule has 16 heteroatoms. The third kappa shape index (κ3) is 7.14. The predicted molar refractivity (Wildman–Crippen MR) is 164 cm³/mol. The summed E-state index contributed by atoms with van der Waals surface area (Å²) in [4.78, 5) is 15.1. The van der Waals surface area contributed by atoms with Crippen molar-refractivity contribution in [2.75, 3.05) is 26.9 Å². The molecule has 0 atom stereocenters. The van der Waals surface area contributed by atoms with Gasteiger partial charge in [-0.25, -0.2) is 16.8 Å². The van der Waals surface area contributed by atoms with Crippen molar-refractivity contribution in [3.05, 3.63) is 74.4 Å². The van der Waals surface area contributed by atoms with Gasteiger partial charge in [-0.1, -0.05) is 42.2 Å². The number of hydrogen-bond donors (Lipinski definition) is 3. The summed E-state index contributed by atoms with van der Waals surface area (Å²) in [5.74, 6) is -0.523. The fourth-order valence-electron chi connectivity index (χ4n) is 3.49. The van der Waals surface area contributed by atoms with Gasteiger partial charge in [0.25, 0.3) is 5.91 Å². The zero-order valence-corrected chi connectivity index (χ0v) is 25.1. The van der Waals surface area contributed by atoms with Crippen LogP contribution in [-0.4, -0.2) is 49.2 Å². The van der Waals surface area contributed by atoms with E-state index in [1.807, 2.05) is 0 Å². The number of allylic oxidation sites excluding steroid dienone is 2. The molecule has 0 radical (unpaired) electrons. The highest BCUT2D eigenvalue weighted by Crippen LogP contribution is 2.36. The van der Waals surface area contributed by atoms with Gasteiger partial charge in [-0.3, -0.25) is 23.7 Å². The molecule has 4 rings (SSSR count). The zero-order valence-electron chi connectivity index (χ0n) is 20.2. The Labute approximate surface area is 243 Å². The standard InChI is InChI=1S/C23H20N4O6S6/c1-38(30,31)24-14-6-3-8-16(12-14)26-20(28)18(36-22(26)34)10-5-11-19-21(29)27(23(35)37-19)17-9-4-7-15(13-17)25-39(2,32)33/h3-13,24-25,28H,1-2H3/b10-5?,19-11+. The van der Waals surface area contributed by atoms with Crippen LogP contribution in [0.15, 0.2) is 65.6 Å². The number of nitrogens with zero attached hydrogens (tertiary/aromatic N) is 2. The monoisotopic (exact) mass is 640 g/mol. The molecule has 0 bridgehead atoms. The number of thiazole rings is 1. The van der Waals surface area contributed by atoms with Crippen LogP contribution in [0.5, 0.6) is 5.88 Å². The maximum Gasteiger partial charge on any atom is 0.270 e. The SMILES string of the molecule is CS(=O)(=O)Nc1cccc(N2C(=O)/C(=C\C=Cc3sc(=S)n(-c4cccc(NS(C)(=O)=O)c4)c3O)SC2=S)c1. The van der Waals surface area contributed by atoms with Crippen LogP contribution in [0.25, 0.3) is 11.8 Å². The van der Waals surface area contributed by atoms with Crippen LogP contribution in [0, 0.1) is 3.95 Å². The second-order valence-corrected chi connectivity index (χ2v) is 15.0. The summed E-state index contributed by atoms with van der Waals surface area (Å²) in [6, 6.07) is 12.8. The third-order valence-corrected chi connectivity index (χ3v) is 8.78. The van der Waals surface area contributed by atoms with Gasteiger partial charge in [-0.2, -0.15) is 0 Å². The molecule has 1 fully saturated rings. The summed E-state index contributed by atoms with van der Waals surface area (Å²) >= 11 is 13.0. The molecule has 204 valence electrons. The maximum absolute atomic E-state index is 13.1. The lowest BCUT2D eigenvalue weighted by molar-refractivity contribution is -0.113. The second-order valence-electron chi connectivity index (χ2n) is 8.14. The second kappa shape index (κ2) is 11.2. The number of aromatic nitrogens is 1. The quantitative estimate of drug-likeness (QED) is 0.237. The zero-order chi connectivity index (χ0) is 28.5. The summed E-state index contributed by atoms with van der Waals surface area (Å²) in [6.45, 7) is 0. The molecular weight excluding hydrogens is 621 g/mol. The molecule has 1 aliphatic heterocycles. The first-order chi connectivity index (χ1) is 18.2. The molecule has 0 aliphatic carbocycles. The van der Waals surface area contributed by atoms with Crippen molar-refractivity contribution in [2.45, 2.75) is 0 Å². The van der Waals surface area contributed by atoms with E-state index in [0.29, 0.717) is 36.5 Å². The van der Waals surface area contributed by atoms with E-state index in [1.165, 1.54) is 15.5 Å². The van der Waals surface area contributed by atoms with Gasteiger partial charge < -0.3 is 5.11 Å². The number of thioether (sulfide) groups is 1. The minimum Gasteiger partial charge on any atom is -0.493 e. The number of carbonyl (C=O) groups is 1. The van der Waals surface area contributed by atoms with Crippen LogP contribution in [0.4, 0.5) is 17.1 Å². The van der Waals surface area contributed by atoms with Crippen molar-refractivity contribution in [1.29, 1.82) is 0 Å². The summed E-state index contributed by atoms with van der Waals surface area (Å²) in [5, 5.41) is 10.8. The number of hydrogen-bond acceptors (Lipinski definition) is 10. The third-order valence-electron chi connectivity index (χ3n) is 4.92. The first-order valence-electron chi connectivity index (χ1n) is 10.8. The lowest BCUT2D eigenvalue weighted by Crippen LogP contribution is -2.27. The first kappa shape index (κ1) is 29.0. The fraction of sp³-hybridized carbons (Fsp3) is 0.0870. The molecule has 1 amide bonds. The van der Waals surface area contributed by atoms with Crippen molar-refractivity contribution in [2.24, 2.45) is 0 Å². The predicted octanol–water partition coefficient (Wildman–Crippen LogP) is 4.68. The van der Waals surface area contributed by atoms with Gasteiger partial charge in [0.2, 0.25) is 25.9 Å². The number of aromatic hydroxyl groups is 1. The molecule has 2 heterocycles. The first-order valence-corrected chi connectivity index (χ1v) is 17.0. The Morgan fingerprint density at radius 3 is 2.08 bits per heavy atom. The van der Waals surface area contributed by atoms with Gasteiger partial charge in [-0.15, -0.1) is 11.3 Å². The van der Waals surface area contributed by atoms with E-state index >= 15 is 0 Å². The Morgan fingerprint density at radius 1 is 0.923 bits per heavy atom. The number of sulfonamides is 2. The van der Waals surface area contributed by atoms with Crippen LogP contribution in [-0.2, 0) is 24.8 Å². The van der Waals surface area contributed by atoms with Crippen LogP contribution >= 0.6 is 47.5 Å². The minimum atomic E-state index is -3.49. The van der Waals surface area contributed by atoms with Crippen LogP contribution in [0.2, 0.25) is 0 Å². The molecule has 1 aliphatic rings. The number of thiocarbonyl (C=S) groups is 1. The number of nitrogens with one attached hydrogen (secondary N) is 2. The molecule has 0 spiro atoms. The Morgan fingerprint density at radius 2 is 1.49 bits per heavy atom. The molecule has 0 saturated carbocycles. The van der Waals surface area contributed by atoms with Crippen LogP contribution in [0.1, 0.15) is 4.88 Å². The average Bonchev–Trinajstić information content (AvgIpc) is 3.25. The number of amides is 1. The molecule has 39 heavy (non-hydrogen) atoms. The van der Waals surface area contributed by atoms with Crippen molar-refractivity contribution in [3.8, 4) is 11.6 Å². The van der Waals surface area contributed by atoms with E-state index in [1.54, 1.807) is 60.7 Å². The van der Waals surface area contributed by atoms with E-state index < -0.39 is 20.0 Å². The van der Waals surface area contributed by atoms with Gasteiger partial charge in [0.05, 0.1) is 45.0 Å². The van der Waals surface area contributed by atoms with Crippen molar-refractivity contribution < 1.29 is 26.7 Å². The lowest BCUT2D eigenvalue weighted by Gasteiger charge is -2.15. The highest BCUT2D eigenvalue weighted by atomic mass is 32.2. The molecular formula is C23H20N4O6S6. The summed E-state index contributed by atoms with van der Waals surface area (Å²) in [7, 11) is -6.98. The molecule has 1 saturated heterocycles. The van der Waals surface area contributed by atoms with Crippen molar-refractivity contribution >= 4 is 101 Å². The van der Waals surface area contributed by atoms with E-state index in [2.05, 4.69) is 9.44 Å². The van der Waals surface area contributed by atoms with Crippen molar-refractivity contribution in [3.63, 3.8) is 0 Å². The van der Waals surface area contributed by atoms with Gasteiger partial charge in [-0.05, 0) is 60.8 Å². The Bertz CT molecular complexity index is 1820. The summed E-state index contributed by atoms with van der Waals surface area (Å²) in [5.41, 5.74) is 1.50. The Balaban J connectivity index is 1.56. The van der Waals surface area contributed by atoms with Crippen LogP contribution in [0.3, 0.4) is 0 Å². The van der Waals surface area contributed by atoms with Gasteiger partial charge in [0.1, 0.15) is 0 Å². The number of carbonyl (C=O) groups excluding carboxylic acids is 1. The maximum atomic E-state index is 13.1. The molecule has 3 N–H and O–H groups in total. The van der Waals surface area contributed by atoms with E-state index in [4.69, 9.17) is 24.4 Å². The highest BCUT2D eigenvalue weighted by Gasteiger charge is 2.33. The Kier molecular flexibility index (Phi) is 8.34. The number of anilines is 3. The van der Waals surface area contributed by atoms with Gasteiger partial charge >= 0.3 is 0 Å². The summed E-state index contributed by atoms with van der Waals surface area (Å²) < 4.78 is 53.0. The van der Waals surface area contributed by atoms with Crippen molar-refractivity contribution in [1.82, 2.24) is 4.57 Å². The average molecular weight is 641 g/mol. The lowest BCUT2D eigenvalue weighted by atomic mass is 10.2. The summed E-state index contributed by atoms with van der Waals surface area (Å²) in [6.07, 6.45) is 6.80. The molecule has 2 aromatic carbocycles. The van der Waals surface area contributed by atoms with E-state index in [9.17, 15) is 26.7 Å². The fourth-order valence-corrected chi connectivity index (χ4v) is 7.11. The Hall–Kier alpha value is -3.02. The van der Waals surface area contributed by atoms with E-state index in [0.717, 1.165) is 35.6 Å². The largest absolute Gasteiger partial charge is 0.493 e. The molecule has 0 unspecified atom stereocenters. The highest BCUT2D eigenvalue weighted by molar-refractivity contribution is 8.27. The molecule has 10 nitrogen and oxygen atoms in total. The normalized spacial score (nSPS) is 15.4. The molecule has 3 aromatic rings. The smallest absolute Gasteiger partial charge is 0.270 e.